The summed E-state index contributed by atoms with van der Waals surface area (Å²) in [6.45, 7) is 18.3. The highest BCUT2D eigenvalue weighted by Gasteiger charge is 2.30. The van der Waals surface area contributed by atoms with Crippen LogP contribution in [0, 0.1) is 10.8 Å². The Labute approximate surface area is 189 Å². The van der Waals surface area contributed by atoms with Crippen molar-refractivity contribution in [3.05, 3.63) is 0 Å². The molecule has 1 amide bonds. The third-order valence-electron chi connectivity index (χ3n) is 6.86. The summed E-state index contributed by atoms with van der Waals surface area (Å²) in [5.74, 6) is 1.55. The summed E-state index contributed by atoms with van der Waals surface area (Å²) in [6.07, 6.45) is 8.29. The maximum atomic E-state index is 12.6. The number of nitrogens with one attached hydrogen (secondary N) is 1. The second kappa shape index (κ2) is 14.0. The van der Waals surface area contributed by atoms with Gasteiger partial charge < -0.3 is 5.32 Å². The summed E-state index contributed by atoms with van der Waals surface area (Å²) in [4.78, 5) is 24.6. The standard InChI is InChI=1S/C24H47NO2S2/c1-9-23(7,10-2)17-18-25-21(27)14-13-19-28-29-22(5,6)16-15-20(26)24(8,11-3)12-4/h9-19H2,1-8H3,(H,25,27). The zero-order chi connectivity index (χ0) is 22.6. The first kappa shape index (κ1) is 28.8. The molecule has 0 aliphatic rings. The fraction of sp³-hybridized carbons (Fsp3) is 0.917. The van der Waals surface area contributed by atoms with Crippen molar-refractivity contribution >= 4 is 33.3 Å². The molecule has 0 unspecified atom stereocenters. The van der Waals surface area contributed by atoms with E-state index in [9.17, 15) is 9.59 Å². The van der Waals surface area contributed by atoms with Crippen LogP contribution in [0.4, 0.5) is 0 Å². The predicted molar refractivity (Wildman–Crippen MR) is 133 cm³/mol. The Morgan fingerprint density at radius 3 is 1.93 bits per heavy atom. The SMILES string of the molecule is CCC(C)(CC)CCNC(=O)CCCSSC(C)(C)CCC(=O)C(C)(CC)CC. The molecule has 172 valence electrons. The van der Waals surface area contributed by atoms with Crippen molar-refractivity contribution < 1.29 is 9.59 Å². The zero-order valence-electron chi connectivity index (χ0n) is 20.4. The van der Waals surface area contributed by atoms with Gasteiger partial charge in [0, 0.05) is 35.3 Å². The summed E-state index contributed by atoms with van der Waals surface area (Å²) in [6, 6.07) is 0. The highest BCUT2D eigenvalue weighted by Crippen LogP contribution is 2.40. The summed E-state index contributed by atoms with van der Waals surface area (Å²) in [5.41, 5.74) is 0.186. The van der Waals surface area contributed by atoms with Crippen molar-refractivity contribution in [3.8, 4) is 0 Å². The average Bonchev–Trinajstić information content (AvgIpc) is 2.70. The van der Waals surface area contributed by atoms with Gasteiger partial charge in [-0.3, -0.25) is 9.59 Å². The van der Waals surface area contributed by atoms with Crippen LogP contribution < -0.4 is 5.32 Å². The Balaban J connectivity index is 4.00. The molecule has 0 heterocycles. The molecule has 0 saturated carbocycles. The highest BCUT2D eigenvalue weighted by atomic mass is 33.1. The van der Waals surface area contributed by atoms with Crippen molar-refractivity contribution in [1.29, 1.82) is 0 Å². The van der Waals surface area contributed by atoms with Crippen molar-refractivity contribution in [1.82, 2.24) is 5.32 Å². The van der Waals surface area contributed by atoms with E-state index in [-0.39, 0.29) is 16.1 Å². The smallest absolute Gasteiger partial charge is 0.220 e. The fourth-order valence-electron chi connectivity index (χ4n) is 3.09. The third kappa shape index (κ3) is 11.7. The Morgan fingerprint density at radius 1 is 0.828 bits per heavy atom. The average molecular weight is 446 g/mol. The molecule has 0 aromatic rings. The van der Waals surface area contributed by atoms with Gasteiger partial charge in [0.05, 0.1) is 0 Å². The van der Waals surface area contributed by atoms with E-state index in [1.807, 2.05) is 21.6 Å². The number of amides is 1. The van der Waals surface area contributed by atoms with Gasteiger partial charge in [-0.2, -0.15) is 0 Å². The molecule has 5 heteroatoms. The van der Waals surface area contributed by atoms with Crippen LogP contribution in [0.1, 0.15) is 113 Å². The normalized spacial score (nSPS) is 12.8. The van der Waals surface area contributed by atoms with E-state index < -0.39 is 0 Å². The lowest BCUT2D eigenvalue weighted by atomic mass is 9.78. The van der Waals surface area contributed by atoms with Gasteiger partial charge >= 0.3 is 0 Å². The molecule has 0 aliphatic heterocycles. The van der Waals surface area contributed by atoms with Gasteiger partial charge in [-0.1, -0.05) is 76.0 Å². The Kier molecular flexibility index (Phi) is 13.9. The molecule has 0 aromatic heterocycles. The van der Waals surface area contributed by atoms with Crippen LogP contribution in [0.15, 0.2) is 0 Å². The number of Topliss-reactive ketones (excluding diaryl/α,β-unsaturated/α-hetero) is 1. The Bertz CT molecular complexity index is 483. The van der Waals surface area contributed by atoms with Gasteiger partial charge in [-0.15, -0.1) is 0 Å². The topological polar surface area (TPSA) is 46.2 Å². The maximum absolute atomic E-state index is 12.6. The Morgan fingerprint density at radius 2 is 1.41 bits per heavy atom. The molecule has 0 saturated heterocycles. The molecule has 0 fully saturated rings. The lowest BCUT2D eigenvalue weighted by molar-refractivity contribution is -0.128. The third-order valence-corrected chi connectivity index (χ3v) is 10.3. The molecule has 0 rings (SSSR count). The number of rotatable bonds is 17. The molecule has 3 nitrogen and oxygen atoms in total. The minimum atomic E-state index is -0.160. The maximum Gasteiger partial charge on any atom is 0.220 e. The van der Waals surface area contributed by atoms with E-state index in [4.69, 9.17) is 0 Å². The van der Waals surface area contributed by atoms with Gasteiger partial charge in [0.15, 0.2) is 0 Å². The first-order chi connectivity index (χ1) is 13.5. The van der Waals surface area contributed by atoms with Crippen LogP contribution in [-0.2, 0) is 9.59 Å². The molecule has 29 heavy (non-hydrogen) atoms. The zero-order valence-corrected chi connectivity index (χ0v) is 22.0. The molecule has 0 atom stereocenters. The number of hydrogen-bond donors (Lipinski definition) is 1. The summed E-state index contributed by atoms with van der Waals surface area (Å²) in [5, 5.41) is 3.08. The van der Waals surface area contributed by atoms with Crippen molar-refractivity contribution in [2.24, 2.45) is 10.8 Å². The van der Waals surface area contributed by atoms with Crippen LogP contribution in [0.2, 0.25) is 0 Å². The van der Waals surface area contributed by atoms with Gasteiger partial charge in [-0.05, 0) is 51.4 Å². The number of carbonyl (C=O) groups excluding carboxylic acids is 2. The number of ketones is 1. The predicted octanol–water partition coefficient (Wildman–Crippen LogP) is 7.43. The van der Waals surface area contributed by atoms with E-state index >= 15 is 0 Å². The first-order valence-electron chi connectivity index (χ1n) is 11.6. The van der Waals surface area contributed by atoms with E-state index in [1.165, 1.54) is 0 Å². The summed E-state index contributed by atoms with van der Waals surface area (Å²) >= 11 is 0. The van der Waals surface area contributed by atoms with Crippen LogP contribution in [-0.4, -0.2) is 28.7 Å². The first-order valence-corrected chi connectivity index (χ1v) is 13.9. The van der Waals surface area contributed by atoms with E-state index in [2.05, 4.69) is 60.7 Å². The van der Waals surface area contributed by atoms with Crippen molar-refractivity contribution in [3.63, 3.8) is 0 Å². The van der Waals surface area contributed by atoms with Crippen LogP contribution in [0.3, 0.4) is 0 Å². The highest BCUT2D eigenvalue weighted by molar-refractivity contribution is 8.77. The van der Waals surface area contributed by atoms with Gasteiger partial charge in [-0.25, -0.2) is 0 Å². The van der Waals surface area contributed by atoms with Crippen LogP contribution in [0.25, 0.3) is 0 Å². The number of hydrogen-bond acceptors (Lipinski definition) is 4. The molecule has 0 aromatic carbocycles. The molecule has 0 spiro atoms. The van der Waals surface area contributed by atoms with Crippen molar-refractivity contribution in [2.45, 2.75) is 118 Å². The molecular formula is C24H47NO2S2. The minimum Gasteiger partial charge on any atom is -0.356 e. The summed E-state index contributed by atoms with van der Waals surface area (Å²) in [7, 11) is 3.69. The van der Waals surface area contributed by atoms with Gasteiger partial charge in [0.1, 0.15) is 5.78 Å². The molecule has 0 aliphatic carbocycles. The number of carbonyl (C=O) groups is 2. The lowest BCUT2D eigenvalue weighted by Gasteiger charge is -2.28. The quantitative estimate of drug-likeness (QED) is 0.187. The lowest BCUT2D eigenvalue weighted by Crippen LogP contribution is -2.28. The molecule has 1 N–H and O–H groups in total. The van der Waals surface area contributed by atoms with Gasteiger partial charge in [0.2, 0.25) is 5.91 Å². The largest absolute Gasteiger partial charge is 0.356 e. The van der Waals surface area contributed by atoms with Gasteiger partial charge in [0.25, 0.3) is 0 Å². The van der Waals surface area contributed by atoms with E-state index in [0.717, 1.165) is 57.2 Å². The van der Waals surface area contributed by atoms with E-state index in [0.29, 0.717) is 24.0 Å². The molecular weight excluding hydrogens is 398 g/mol. The minimum absolute atomic E-state index is 0.0791. The molecule has 0 bridgehead atoms. The van der Waals surface area contributed by atoms with Crippen LogP contribution >= 0.6 is 21.6 Å². The fourth-order valence-corrected chi connectivity index (χ4v) is 5.75. The molecule has 0 radical (unpaired) electrons. The summed E-state index contributed by atoms with van der Waals surface area (Å²) < 4.78 is 0.0791. The Hall–Kier alpha value is -0.160. The van der Waals surface area contributed by atoms with E-state index in [1.54, 1.807) is 0 Å². The van der Waals surface area contributed by atoms with Crippen LogP contribution in [0.5, 0.6) is 0 Å². The monoisotopic (exact) mass is 445 g/mol. The second-order valence-electron chi connectivity index (χ2n) is 9.58. The second-order valence-corrected chi connectivity index (χ2v) is 12.7. The van der Waals surface area contributed by atoms with Crippen molar-refractivity contribution in [2.75, 3.05) is 12.3 Å².